The first-order chi connectivity index (χ1) is 17.9. The van der Waals surface area contributed by atoms with Crippen molar-refractivity contribution in [3.63, 3.8) is 0 Å². The Labute approximate surface area is 216 Å². The van der Waals surface area contributed by atoms with Crippen molar-refractivity contribution < 1.29 is 28.6 Å². The van der Waals surface area contributed by atoms with Gasteiger partial charge in [-0.25, -0.2) is 9.78 Å². The second-order valence-corrected chi connectivity index (χ2v) is 8.44. The van der Waals surface area contributed by atoms with Gasteiger partial charge in [-0.15, -0.1) is 0 Å². The summed E-state index contributed by atoms with van der Waals surface area (Å²) in [5.74, 6) is -1.20. The van der Waals surface area contributed by atoms with Gasteiger partial charge in [-0.2, -0.15) is 4.98 Å². The van der Waals surface area contributed by atoms with Gasteiger partial charge in [-0.05, 0) is 44.5 Å². The van der Waals surface area contributed by atoms with Gasteiger partial charge < -0.3 is 30.2 Å². The molecule has 11 nitrogen and oxygen atoms in total. The Bertz CT molecular complexity index is 1100. The van der Waals surface area contributed by atoms with Gasteiger partial charge in [0.15, 0.2) is 0 Å². The molecule has 2 heterocycles. The van der Waals surface area contributed by atoms with Crippen LogP contribution in [-0.4, -0.2) is 73.2 Å². The van der Waals surface area contributed by atoms with Crippen LogP contribution in [-0.2, 0) is 25.5 Å². The van der Waals surface area contributed by atoms with Crippen molar-refractivity contribution in [2.45, 2.75) is 37.8 Å². The third-order valence-electron chi connectivity index (χ3n) is 5.96. The zero-order valence-electron chi connectivity index (χ0n) is 21.3. The molecular formula is C26H33N5O6. The second-order valence-electron chi connectivity index (χ2n) is 8.44. The Balaban J connectivity index is 1.77. The van der Waals surface area contributed by atoms with Crippen LogP contribution in [0.2, 0.25) is 0 Å². The lowest BCUT2D eigenvalue weighted by molar-refractivity contribution is -0.148. The van der Waals surface area contributed by atoms with Crippen molar-refractivity contribution in [3.05, 3.63) is 53.7 Å². The lowest BCUT2D eigenvalue weighted by Crippen LogP contribution is -2.64. The van der Waals surface area contributed by atoms with Crippen LogP contribution in [0.1, 0.15) is 30.9 Å². The normalized spacial score (nSPS) is 15.4. The average molecular weight is 512 g/mol. The summed E-state index contributed by atoms with van der Waals surface area (Å²) in [6.45, 7) is 2.96. The molecule has 0 bridgehead atoms. The molecule has 1 aromatic heterocycles. The zero-order valence-corrected chi connectivity index (χ0v) is 21.3. The summed E-state index contributed by atoms with van der Waals surface area (Å²) in [4.78, 5) is 47.3. The molecule has 0 saturated carbocycles. The summed E-state index contributed by atoms with van der Waals surface area (Å²) >= 11 is 0. The van der Waals surface area contributed by atoms with Crippen LogP contribution >= 0.6 is 0 Å². The van der Waals surface area contributed by atoms with E-state index in [4.69, 9.17) is 14.2 Å². The summed E-state index contributed by atoms with van der Waals surface area (Å²) < 4.78 is 15.4. The van der Waals surface area contributed by atoms with Crippen molar-refractivity contribution in [1.29, 1.82) is 0 Å². The van der Waals surface area contributed by atoms with Crippen LogP contribution < -0.4 is 25.4 Å². The maximum atomic E-state index is 13.6. The monoisotopic (exact) mass is 511 g/mol. The maximum Gasteiger partial charge on any atom is 0.328 e. The van der Waals surface area contributed by atoms with Gasteiger partial charge in [-0.1, -0.05) is 30.3 Å². The van der Waals surface area contributed by atoms with Gasteiger partial charge in [0, 0.05) is 18.7 Å². The molecule has 1 aromatic carbocycles. The molecule has 1 fully saturated rings. The first-order valence-electron chi connectivity index (χ1n) is 12.1. The molecule has 2 aromatic rings. The third kappa shape index (κ3) is 7.50. The fourth-order valence-corrected chi connectivity index (χ4v) is 4.02. The van der Waals surface area contributed by atoms with Crippen LogP contribution in [0.25, 0.3) is 6.08 Å². The van der Waals surface area contributed by atoms with Crippen LogP contribution in [0, 0.1) is 0 Å². The molecule has 1 aliphatic heterocycles. The van der Waals surface area contributed by atoms with E-state index < -0.39 is 29.4 Å². The molecule has 1 unspecified atom stereocenters. The first kappa shape index (κ1) is 27.6. The topological polar surface area (TPSA) is 141 Å². The van der Waals surface area contributed by atoms with Gasteiger partial charge in [0.05, 0.1) is 26.4 Å². The van der Waals surface area contributed by atoms with Crippen LogP contribution in [0.15, 0.2) is 42.6 Å². The summed E-state index contributed by atoms with van der Waals surface area (Å²) in [5, 5.41) is 8.90. The van der Waals surface area contributed by atoms with Crippen LogP contribution in [0.4, 0.5) is 0 Å². The van der Waals surface area contributed by atoms with Gasteiger partial charge in [0.2, 0.25) is 17.7 Å². The van der Waals surface area contributed by atoms with Crippen molar-refractivity contribution in [2.24, 2.45) is 0 Å². The third-order valence-corrected chi connectivity index (χ3v) is 5.96. The number of hydrogen-bond acceptors (Lipinski definition) is 9. The largest absolute Gasteiger partial charge is 0.480 e. The summed E-state index contributed by atoms with van der Waals surface area (Å²) in [7, 11) is 2.89. The van der Waals surface area contributed by atoms with E-state index in [9.17, 15) is 14.4 Å². The first-order valence-corrected chi connectivity index (χ1v) is 12.1. The minimum Gasteiger partial charge on any atom is -0.480 e. The smallest absolute Gasteiger partial charge is 0.328 e. The molecule has 0 radical (unpaired) electrons. The van der Waals surface area contributed by atoms with E-state index >= 15 is 0 Å². The highest BCUT2D eigenvalue weighted by atomic mass is 16.5. The van der Waals surface area contributed by atoms with Crippen molar-refractivity contribution >= 4 is 23.9 Å². The molecule has 2 amide bonds. The van der Waals surface area contributed by atoms with E-state index in [0.29, 0.717) is 31.5 Å². The van der Waals surface area contributed by atoms with Crippen molar-refractivity contribution in [2.75, 3.05) is 33.9 Å². The number of aromatic nitrogens is 2. The van der Waals surface area contributed by atoms with Crippen LogP contribution in [0.3, 0.4) is 0 Å². The molecule has 1 aliphatic rings. The number of nitrogens with zero attached hydrogens (tertiary/aromatic N) is 2. The Hall–Kier alpha value is -3.99. The predicted molar refractivity (Wildman–Crippen MR) is 136 cm³/mol. The Morgan fingerprint density at radius 2 is 1.86 bits per heavy atom. The van der Waals surface area contributed by atoms with E-state index in [2.05, 4.69) is 25.9 Å². The van der Waals surface area contributed by atoms with Crippen molar-refractivity contribution in [3.8, 4) is 11.9 Å². The molecule has 1 saturated heterocycles. The fourth-order valence-electron chi connectivity index (χ4n) is 4.02. The Morgan fingerprint density at radius 3 is 2.51 bits per heavy atom. The molecule has 1 atom stereocenters. The van der Waals surface area contributed by atoms with Crippen LogP contribution in [0.5, 0.6) is 11.9 Å². The highest BCUT2D eigenvalue weighted by Gasteiger charge is 2.42. The number of piperidine rings is 1. The van der Waals surface area contributed by atoms with E-state index in [1.807, 2.05) is 30.3 Å². The number of ether oxygens (including phenoxy) is 3. The fraction of sp³-hybridized carbons (Fsp3) is 0.423. The minimum absolute atomic E-state index is 0.135. The number of rotatable bonds is 11. The van der Waals surface area contributed by atoms with Gasteiger partial charge >= 0.3 is 12.0 Å². The van der Waals surface area contributed by atoms with E-state index in [1.54, 1.807) is 6.92 Å². The Morgan fingerprint density at radius 1 is 1.14 bits per heavy atom. The maximum absolute atomic E-state index is 13.6. The number of methoxy groups -OCH3 is 2. The number of amides is 2. The number of hydrogen-bond donors (Lipinski definition) is 3. The number of benzene rings is 1. The second kappa shape index (κ2) is 13.4. The Kier molecular flexibility index (Phi) is 9.96. The number of carbonyl (C=O) groups excluding carboxylic acids is 3. The van der Waals surface area contributed by atoms with E-state index in [1.165, 1.54) is 32.6 Å². The van der Waals surface area contributed by atoms with Gasteiger partial charge in [0.25, 0.3) is 0 Å². The molecule has 198 valence electrons. The SMILES string of the molecule is CCOC(=O)C(Cc1ccccc1)NC(=O)C1(NC(=O)/C=C/c2cnc(OC)nc2OC)CCNCC1. The number of esters is 1. The van der Waals surface area contributed by atoms with Crippen molar-refractivity contribution in [1.82, 2.24) is 25.9 Å². The molecule has 3 rings (SSSR count). The predicted octanol–water partition coefficient (Wildman–Crippen LogP) is 1.04. The molecular weight excluding hydrogens is 478 g/mol. The zero-order chi connectivity index (χ0) is 26.7. The quantitative estimate of drug-likeness (QED) is 0.298. The summed E-state index contributed by atoms with van der Waals surface area (Å²) in [6.07, 6.45) is 5.23. The number of nitrogens with one attached hydrogen (secondary N) is 3. The lowest BCUT2D eigenvalue weighted by atomic mass is 9.86. The molecule has 0 aliphatic carbocycles. The van der Waals surface area contributed by atoms with E-state index in [-0.39, 0.29) is 24.9 Å². The molecule has 37 heavy (non-hydrogen) atoms. The molecule has 0 spiro atoms. The van der Waals surface area contributed by atoms with Gasteiger partial charge in [0.1, 0.15) is 11.6 Å². The molecule has 11 heteroatoms. The lowest BCUT2D eigenvalue weighted by Gasteiger charge is -2.37. The highest BCUT2D eigenvalue weighted by molar-refractivity contribution is 5.98. The average Bonchev–Trinajstić information content (AvgIpc) is 2.92. The molecule has 3 N–H and O–H groups in total. The minimum atomic E-state index is -1.20. The number of carbonyl (C=O) groups is 3. The summed E-state index contributed by atoms with van der Waals surface area (Å²) in [5.41, 5.74) is 0.143. The summed E-state index contributed by atoms with van der Waals surface area (Å²) in [6, 6.07) is 8.60. The highest BCUT2D eigenvalue weighted by Crippen LogP contribution is 2.21. The van der Waals surface area contributed by atoms with Gasteiger partial charge in [-0.3, -0.25) is 9.59 Å². The standard InChI is InChI=1S/C26H33N5O6/c1-4-37-23(33)20(16-18-8-6-5-7-9-18)29-24(34)26(12-14-27-15-13-26)31-21(32)11-10-19-17-28-25(36-3)30-22(19)35-2/h5-11,17,20,27H,4,12-16H2,1-3H3,(H,29,34)(H,31,32)/b11-10+. The van der Waals surface area contributed by atoms with E-state index in [0.717, 1.165) is 5.56 Å².